The Kier molecular flexibility index (Phi) is 4.00. The second-order valence-electron chi connectivity index (χ2n) is 4.05. The van der Waals surface area contributed by atoms with Gasteiger partial charge in [0.05, 0.1) is 9.26 Å². The highest BCUT2D eigenvalue weighted by atomic mass is 127. The lowest BCUT2D eigenvalue weighted by atomic mass is 10.1. The lowest BCUT2D eigenvalue weighted by molar-refractivity contribution is 0.997. The van der Waals surface area contributed by atoms with E-state index < -0.39 is 0 Å². The van der Waals surface area contributed by atoms with E-state index >= 15 is 0 Å². The molecule has 0 unspecified atom stereocenters. The molecule has 0 radical (unpaired) electrons. The first kappa shape index (κ1) is 13.1. The SMILES string of the molecule is CNc1nc(N(C)C)nc(-c2ccccc2)c1I. The molecular weight excluding hydrogens is 339 g/mol. The standard InChI is InChI=1S/C13H15IN4/c1-15-12-10(14)11(9-7-5-4-6-8-9)16-13(17-12)18(2)3/h4-8H,1-3H3,(H,15,16,17). The van der Waals surface area contributed by atoms with Crippen molar-refractivity contribution in [2.75, 3.05) is 31.4 Å². The number of benzene rings is 1. The zero-order valence-corrected chi connectivity index (χ0v) is 12.8. The maximum atomic E-state index is 4.62. The summed E-state index contributed by atoms with van der Waals surface area (Å²) in [5.74, 6) is 1.56. The van der Waals surface area contributed by atoms with Crippen LogP contribution in [-0.2, 0) is 0 Å². The van der Waals surface area contributed by atoms with Crippen LogP contribution in [0.25, 0.3) is 11.3 Å². The van der Waals surface area contributed by atoms with Gasteiger partial charge in [0.1, 0.15) is 5.82 Å². The number of halogens is 1. The Labute approximate surface area is 121 Å². The maximum absolute atomic E-state index is 4.62. The van der Waals surface area contributed by atoms with Crippen molar-refractivity contribution in [2.45, 2.75) is 0 Å². The molecule has 0 fully saturated rings. The van der Waals surface area contributed by atoms with Crippen LogP contribution in [0.1, 0.15) is 0 Å². The van der Waals surface area contributed by atoms with Crippen molar-refractivity contribution in [1.82, 2.24) is 9.97 Å². The number of anilines is 2. The summed E-state index contributed by atoms with van der Waals surface area (Å²) < 4.78 is 1.03. The summed E-state index contributed by atoms with van der Waals surface area (Å²) in [6.45, 7) is 0. The molecule has 0 amide bonds. The van der Waals surface area contributed by atoms with Crippen molar-refractivity contribution < 1.29 is 0 Å². The van der Waals surface area contributed by atoms with Crippen molar-refractivity contribution in [2.24, 2.45) is 0 Å². The van der Waals surface area contributed by atoms with Crippen LogP contribution < -0.4 is 10.2 Å². The number of rotatable bonds is 3. The molecule has 0 bridgehead atoms. The van der Waals surface area contributed by atoms with Gasteiger partial charge >= 0.3 is 0 Å². The van der Waals surface area contributed by atoms with Gasteiger partial charge < -0.3 is 10.2 Å². The third-order valence-electron chi connectivity index (χ3n) is 2.52. The summed E-state index contributed by atoms with van der Waals surface area (Å²) in [7, 11) is 5.76. The van der Waals surface area contributed by atoms with Gasteiger partial charge in [-0.05, 0) is 22.6 Å². The van der Waals surface area contributed by atoms with E-state index in [1.807, 2.05) is 44.2 Å². The van der Waals surface area contributed by atoms with E-state index in [4.69, 9.17) is 0 Å². The Morgan fingerprint density at radius 3 is 2.33 bits per heavy atom. The van der Waals surface area contributed by atoms with Gasteiger partial charge in [0, 0.05) is 26.7 Å². The lowest BCUT2D eigenvalue weighted by Crippen LogP contribution is -2.15. The molecule has 1 heterocycles. The van der Waals surface area contributed by atoms with Crippen LogP contribution in [0.2, 0.25) is 0 Å². The van der Waals surface area contributed by atoms with Crippen molar-refractivity contribution in [1.29, 1.82) is 0 Å². The molecule has 4 nitrogen and oxygen atoms in total. The molecule has 0 atom stereocenters. The Balaban J connectivity index is 2.62. The number of aromatic nitrogens is 2. The zero-order chi connectivity index (χ0) is 13.1. The van der Waals surface area contributed by atoms with Gasteiger partial charge in [-0.2, -0.15) is 4.98 Å². The number of hydrogen-bond acceptors (Lipinski definition) is 4. The predicted molar refractivity (Wildman–Crippen MR) is 84.1 cm³/mol. The third kappa shape index (κ3) is 2.55. The molecule has 0 aliphatic rings. The molecule has 2 rings (SSSR count). The minimum atomic E-state index is 0.707. The fraction of sp³-hybridized carbons (Fsp3) is 0.231. The number of nitrogens with one attached hydrogen (secondary N) is 1. The van der Waals surface area contributed by atoms with Crippen molar-refractivity contribution in [3.8, 4) is 11.3 Å². The molecule has 1 aromatic heterocycles. The largest absolute Gasteiger partial charge is 0.372 e. The van der Waals surface area contributed by atoms with Gasteiger partial charge in [-0.1, -0.05) is 30.3 Å². The molecule has 0 saturated carbocycles. The minimum Gasteiger partial charge on any atom is -0.372 e. The number of hydrogen-bond donors (Lipinski definition) is 1. The average Bonchev–Trinajstić information content (AvgIpc) is 2.39. The molecule has 1 aromatic carbocycles. The normalized spacial score (nSPS) is 10.2. The first-order valence-corrected chi connectivity index (χ1v) is 6.69. The topological polar surface area (TPSA) is 41.1 Å². The average molecular weight is 354 g/mol. The third-order valence-corrected chi connectivity index (χ3v) is 3.55. The quantitative estimate of drug-likeness (QED) is 0.861. The van der Waals surface area contributed by atoms with Crippen LogP contribution in [0.5, 0.6) is 0 Å². The van der Waals surface area contributed by atoms with Gasteiger partial charge in [0.2, 0.25) is 5.95 Å². The van der Waals surface area contributed by atoms with Crippen molar-refractivity contribution >= 4 is 34.4 Å². The molecular formula is C13H15IN4. The summed E-state index contributed by atoms with van der Waals surface area (Å²) in [5, 5.41) is 3.12. The second-order valence-corrected chi connectivity index (χ2v) is 5.12. The summed E-state index contributed by atoms with van der Waals surface area (Å²) in [6.07, 6.45) is 0. The van der Waals surface area contributed by atoms with Crippen LogP contribution in [0, 0.1) is 3.57 Å². The zero-order valence-electron chi connectivity index (χ0n) is 10.6. The summed E-state index contributed by atoms with van der Waals surface area (Å²) >= 11 is 2.28. The van der Waals surface area contributed by atoms with Crippen LogP contribution in [0.3, 0.4) is 0 Å². The highest BCUT2D eigenvalue weighted by Gasteiger charge is 2.13. The second kappa shape index (κ2) is 5.51. The molecule has 0 spiro atoms. The van der Waals surface area contributed by atoms with Crippen LogP contribution in [-0.4, -0.2) is 31.1 Å². The number of nitrogens with zero attached hydrogens (tertiary/aromatic N) is 3. The van der Waals surface area contributed by atoms with Crippen molar-refractivity contribution in [3.63, 3.8) is 0 Å². The van der Waals surface area contributed by atoms with Crippen LogP contribution in [0.4, 0.5) is 11.8 Å². The van der Waals surface area contributed by atoms with Gasteiger partial charge in [0.25, 0.3) is 0 Å². The fourth-order valence-electron chi connectivity index (χ4n) is 1.59. The fourth-order valence-corrected chi connectivity index (χ4v) is 2.41. The van der Waals surface area contributed by atoms with E-state index in [9.17, 15) is 0 Å². The van der Waals surface area contributed by atoms with E-state index in [1.54, 1.807) is 0 Å². The molecule has 94 valence electrons. The Bertz CT molecular complexity index is 540. The van der Waals surface area contributed by atoms with Gasteiger partial charge in [-0.3, -0.25) is 0 Å². The summed E-state index contributed by atoms with van der Waals surface area (Å²) in [6, 6.07) is 10.2. The summed E-state index contributed by atoms with van der Waals surface area (Å²) in [5.41, 5.74) is 2.06. The molecule has 18 heavy (non-hydrogen) atoms. The van der Waals surface area contributed by atoms with Gasteiger partial charge in [-0.25, -0.2) is 4.98 Å². The van der Waals surface area contributed by atoms with E-state index in [1.165, 1.54) is 0 Å². The molecule has 5 heteroatoms. The monoisotopic (exact) mass is 354 g/mol. The van der Waals surface area contributed by atoms with E-state index in [0.717, 1.165) is 20.6 Å². The molecule has 1 N–H and O–H groups in total. The Hall–Kier alpha value is -1.37. The first-order valence-electron chi connectivity index (χ1n) is 5.61. The van der Waals surface area contributed by atoms with Gasteiger partial charge in [0.15, 0.2) is 0 Å². The van der Waals surface area contributed by atoms with Crippen molar-refractivity contribution in [3.05, 3.63) is 33.9 Å². The van der Waals surface area contributed by atoms with E-state index in [-0.39, 0.29) is 0 Å². The summed E-state index contributed by atoms with van der Waals surface area (Å²) in [4.78, 5) is 11.0. The van der Waals surface area contributed by atoms with Crippen LogP contribution in [0.15, 0.2) is 30.3 Å². The smallest absolute Gasteiger partial charge is 0.227 e. The highest BCUT2D eigenvalue weighted by Crippen LogP contribution is 2.29. The molecule has 0 saturated heterocycles. The molecule has 0 aliphatic heterocycles. The van der Waals surface area contributed by atoms with E-state index in [0.29, 0.717) is 5.95 Å². The first-order chi connectivity index (χ1) is 8.63. The van der Waals surface area contributed by atoms with Gasteiger partial charge in [-0.15, -0.1) is 0 Å². The van der Waals surface area contributed by atoms with Crippen LogP contribution >= 0.6 is 22.6 Å². The van der Waals surface area contributed by atoms with E-state index in [2.05, 4.69) is 50.0 Å². The lowest BCUT2D eigenvalue weighted by Gasteiger charge is -2.15. The Morgan fingerprint density at radius 1 is 1.11 bits per heavy atom. The molecule has 0 aliphatic carbocycles. The maximum Gasteiger partial charge on any atom is 0.227 e. The minimum absolute atomic E-state index is 0.707. The molecule has 2 aromatic rings. The predicted octanol–water partition coefficient (Wildman–Crippen LogP) is 2.86. The highest BCUT2D eigenvalue weighted by molar-refractivity contribution is 14.1. The Morgan fingerprint density at radius 2 is 1.78 bits per heavy atom.